The van der Waals surface area contributed by atoms with Crippen molar-refractivity contribution in [3.8, 4) is 22.6 Å². The van der Waals surface area contributed by atoms with E-state index in [1.54, 1.807) is 30.3 Å². The fourth-order valence-corrected chi connectivity index (χ4v) is 5.76. The number of aromatic amines is 1. The van der Waals surface area contributed by atoms with Crippen LogP contribution in [0.15, 0.2) is 89.7 Å². The molecule has 248 valence electrons. The molecule has 2 amide bonds. The number of phenols is 1. The van der Waals surface area contributed by atoms with Gasteiger partial charge in [-0.3, -0.25) is 14.9 Å². The van der Waals surface area contributed by atoms with Crippen LogP contribution in [0.25, 0.3) is 22.0 Å². The van der Waals surface area contributed by atoms with Crippen molar-refractivity contribution in [1.29, 1.82) is 0 Å². The lowest BCUT2D eigenvalue weighted by molar-refractivity contribution is -0.116. The largest absolute Gasteiger partial charge is 0.506 e. The number of aromatic nitrogens is 1. The Morgan fingerprint density at radius 1 is 0.958 bits per heavy atom. The molecule has 12 heteroatoms. The SMILES string of the molecule is COc1cc(NC(=O)CCCc2ccc(-c3ccccc3)c(NC(=O)O)c2)c(Cl)cc1CNCC(O)c1ccc(O)c2[nH]c(=O)ccc12. The van der Waals surface area contributed by atoms with Gasteiger partial charge in [0, 0.05) is 48.2 Å². The number of aromatic hydroxyl groups is 1. The second-order valence-electron chi connectivity index (χ2n) is 11.2. The van der Waals surface area contributed by atoms with Crippen LogP contribution in [0.1, 0.15) is 35.6 Å². The monoisotopic (exact) mass is 670 g/mol. The number of anilines is 2. The highest BCUT2D eigenvalue weighted by Crippen LogP contribution is 2.33. The average molecular weight is 671 g/mol. The molecule has 0 aliphatic heterocycles. The van der Waals surface area contributed by atoms with E-state index in [0.717, 1.165) is 16.7 Å². The number of rotatable bonds is 13. The third-order valence-corrected chi connectivity index (χ3v) is 8.16. The predicted molar refractivity (Wildman–Crippen MR) is 186 cm³/mol. The minimum Gasteiger partial charge on any atom is -0.506 e. The molecule has 1 aromatic heterocycles. The maximum absolute atomic E-state index is 12.8. The molecule has 4 aromatic carbocycles. The minimum absolute atomic E-state index is 0.0869. The van der Waals surface area contributed by atoms with Crippen LogP contribution in [0.3, 0.4) is 0 Å². The van der Waals surface area contributed by atoms with Gasteiger partial charge < -0.3 is 35.7 Å². The third kappa shape index (κ3) is 8.31. The Morgan fingerprint density at radius 3 is 2.50 bits per heavy atom. The van der Waals surface area contributed by atoms with Crippen LogP contribution >= 0.6 is 11.6 Å². The number of aliphatic hydroxyl groups is 1. The summed E-state index contributed by atoms with van der Waals surface area (Å²) in [5.41, 5.74) is 4.56. The summed E-state index contributed by atoms with van der Waals surface area (Å²) in [6.45, 7) is 0.448. The Bertz CT molecular complexity index is 2000. The lowest BCUT2D eigenvalue weighted by Crippen LogP contribution is -2.22. The molecule has 0 saturated carbocycles. The molecule has 48 heavy (non-hydrogen) atoms. The molecule has 7 N–H and O–H groups in total. The molecule has 0 radical (unpaired) electrons. The van der Waals surface area contributed by atoms with Crippen LogP contribution in [0.5, 0.6) is 11.5 Å². The number of carbonyl (C=O) groups is 2. The van der Waals surface area contributed by atoms with E-state index in [1.165, 1.54) is 19.2 Å². The highest BCUT2D eigenvalue weighted by molar-refractivity contribution is 6.33. The third-order valence-electron chi connectivity index (χ3n) is 7.84. The fourth-order valence-electron chi connectivity index (χ4n) is 5.52. The second kappa shape index (κ2) is 15.5. The molecule has 11 nitrogen and oxygen atoms in total. The van der Waals surface area contributed by atoms with Crippen LogP contribution in [0.2, 0.25) is 5.02 Å². The van der Waals surface area contributed by atoms with Gasteiger partial charge in [0.25, 0.3) is 0 Å². The van der Waals surface area contributed by atoms with E-state index < -0.39 is 12.2 Å². The Morgan fingerprint density at radius 2 is 1.75 bits per heavy atom. The van der Waals surface area contributed by atoms with E-state index in [2.05, 4.69) is 20.9 Å². The second-order valence-corrected chi connectivity index (χ2v) is 11.6. The molecular weight excluding hydrogens is 636 g/mol. The zero-order valence-corrected chi connectivity index (χ0v) is 26.8. The number of ether oxygens (including phenoxy) is 1. The Kier molecular flexibility index (Phi) is 11.0. The zero-order valence-electron chi connectivity index (χ0n) is 26.0. The number of nitrogens with one attached hydrogen (secondary N) is 4. The first-order chi connectivity index (χ1) is 23.1. The molecule has 0 bridgehead atoms. The quantitative estimate of drug-likeness (QED) is 0.0750. The molecule has 5 aromatic rings. The van der Waals surface area contributed by atoms with E-state index >= 15 is 0 Å². The normalized spacial score (nSPS) is 11.6. The van der Waals surface area contributed by atoms with Crippen LogP contribution < -0.4 is 26.2 Å². The minimum atomic E-state index is -1.15. The number of aryl methyl sites for hydroxylation is 1. The lowest BCUT2D eigenvalue weighted by Gasteiger charge is -2.17. The predicted octanol–water partition coefficient (Wildman–Crippen LogP) is 6.44. The molecule has 0 aliphatic carbocycles. The maximum Gasteiger partial charge on any atom is 0.409 e. The highest BCUT2D eigenvalue weighted by atomic mass is 35.5. The standard InChI is InChI=1S/C36H35ClN4O7/c1-48-32-18-29(27(37)17-23(32)19-38-20-31(43)25-12-14-30(42)35-26(25)13-15-34(45)41-35)39-33(44)9-5-6-21-10-11-24(22-7-3-2-4-8-22)28(16-21)40-36(46)47/h2-4,7-8,10-18,31,38,40,42-43H,5-6,9,19-20H2,1H3,(H,39,44)(H,41,45)(H,46,47). The summed E-state index contributed by atoms with van der Waals surface area (Å²) in [7, 11) is 1.51. The van der Waals surface area contributed by atoms with Crippen molar-refractivity contribution < 1.29 is 29.6 Å². The summed E-state index contributed by atoms with van der Waals surface area (Å²) in [4.78, 5) is 38.5. The van der Waals surface area contributed by atoms with Crippen molar-refractivity contribution in [1.82, 2.24) is 10.3 Å². The van der Waals surface area contributed by atoms with Gasteiger partial charge in [0.05, 0.1) is 35.1 Å². The van der Waals surface area contributed by atoms with E-state index in [-0.39, 0.29) is 35.7 Å². The van der Waals surface area contributed by atoms with Gasteiger partial charge in [0.15, 0.2) is 0 Å². The number of amides is 2. The van der Waals surface area contributed by atoms with Gasteiger partial charge in [0.1, 0.15) is 11.5 Å². The summed E-state index contributed by atoms with van der Waals surface area (Å²) < 4.78 is 5.54. The van der Waals surface area contributed by atoms with Gasteiger partial charge in [0.2, 0.25) is 11.5 Å². The molecule has 0 aliphatic rings. The van der Waals surface area contributed by atoms with E-state index in [4.69, 9.17) is 16.3 Å². The van der Waals surface area contributed by atoms with Crippen LogP contribution in [-0.4, -0.2) is 46.0 Å². The Balaban J connectivity index is 1.17. The number of aliphatic hydroxyl groups excluding tert-OH is 1. The number of phenolic OH excluding ortho intramolecular Hbond substituents is 1. The Hall–Kier alpha value is -5.36. The summed E-state index contributed by atoms with van der Waals surface area (Å²) in [6.07, 6.45) is -0.808. The summed E-state index contributed by atoms with van der Waals surface area (Å²) in [5, 5.41) is 39.7. The number of halogens is 1. The molecule has 0 fully saturated rings. The van der Waals surface area contributed by atoms with Crippen molar-refractivity contribution in [2.45, 2.75) is 31.9 Å². The average Bonchev–Trinajstić information content (AvgIpc) is 3.06. The van der Waals surface area contributed by atoms with Crippen molar-refractivity contribution in [3.05, 3.63) is 117 Å². The number of carboxylic acid groups (broad SMARTS) is 1. The summed E-state index contributed by atoms with van der Waals surface area (Å²) >= 11 is 6.53. The molecule has 0 spiro atoms. The van der Waals surface area contributed by atoms with E-state index in [1.807, 2.05) is 42.5 Å². The molecule has 1 atom stereocenters. The number of hydrogen-bond donors (Lipinski definition) is 7. The number of hydrogen-bond acceptors (Lipinski definition) is 7. The molecule has 1 heterocycles. The van der Waals surface area contributed by atoms with Gasteiger partial charge in [-0.1, -0.05) is 60.1 Å². The number of carbonyl (C=O) groups excluding carboxylic acids is 1. The number of methoxy groups -OCH3 is 1. The van der Waals surface area contributed by atoms with Crippen molar-refractivity contribution in [3.63, 3.8) is 0 Å². The number of H-pyrrole nitrogens is 1. The highest BCUT2D eigenvalue weighted by Gasteiger charge is 2.16. The molecule has 5 rings (SSSR count). The van der Waals surface area contributed by atoms with Crippen molar-refractivity contribution in [2.75, 3.05) is 24.3 Å². The first-order valence-electron chi connectivity index (χ1n) is 15.2. The van der Waals surface area contributed by atoms with Crippen LogP contribution in [0, 0.1) is 0 Å². The van der Waals surface area contributed by atoms with Crippen molar-refractivity contribution in [2.24, 2.45) is 0 Å². The fraction of sp³-hybridized carbons (Fsp3) is 0.194. The maximum atomic E-state index is 12.8. The van der Waals surface area contributed by atoms with Gasteiger partial charge in [-0.25, -0.2) is 4.79 Å². The number of benzene rings is 4. The van der Waals surface area contributed by atoms with Gasteiger partial charge in [-0.2, -0.15) is 0 Å². The molecular formula is C36H35ClN4O7. The van der Waals surface area contributed by atoms with E-state index in [0.29, 0.717) is 58.0 Å². The van der Waals surface area contributed by atoms with Crippen LogP contribution in [0.4, 0.5) is 16.2 Å². The van der Waals surface area contributed by atoms with Gasteiger partial charge in [-0.05, 0) is 53.8 Å². The van der Waals surface area contributed by atoms with Gasteiger partial charge >= 0.3 is 6.09 Å². The molecule has 0 saturated heterocycles. The Labute approximate surface area is 281 Å². The number of fused-ring (bicyclic) bond motifs is 1. The smallest absolute Gasteiger partial charge is 0.409 e. The summed E-state index contributed by atoms with van der Waals surface area (Å²) in [5.74, 6) is 0.164. The van der Waals surface area contributed by atoms with Crippen LogP contribution in [-0.2, 0) is 17.8 Å². The first-order valence-corrected chi connectivity index (χ1v) is 15.6. The van der Waals surface area contributed by atoms with Crippen molar-refractivity contribution >= 4 is 45.9 Å². The first kappa shape index (κ1) is 34.0. The zero-order chi connectivity index (χ0) is 34.2. The molecule has 1 unspecified atom stereocenters. The van der Waals surface area contributed by atoms with Gasteiger partial charge in [-0.15, -0.1) is 0 Å². The summed E-state index contributed by atoms with van der Waals surface area (Å²) in [6, 6.07) is 24.3. The number of pyridine rings is 1. The lowest BCUT2D eigenvalue weighted by atomic mass is 9.99. The van der Waals surface area contributed by atoms with E-state index in [9.17, 15) is 29.7 Å². The topological polar surface area (TPSA) is 173 Å².